The molecule has 21 heavy (non-hydrogen) atoms. The fraction of sp³-hybridized carbons (Fsp3) is 0.429. The average Bonchev–Trinajstić information content (AvgIpc) is 2.47. The lowest BCUT2D eigenvalue weighted by molar-refractivity contribution is 0.0858. The number of nitrogens with one attached hydrogen (secondary N) is 1. The first-order chi connectivity index (χ1) is 9.93. The SMILES string of the molecule is CN1CCC(C(=O)c2ccccc2NS(=O)(=O)C#N)CC1. The van der Waals surface area contributed by atoms with Crippen molar-refractivity contribution in [2.75, 3.05) is 24.9 Å². The standard InChI is InChI=1S/C14H17N3O3S/c1-17-8-6-11(7-9-17)14(18)12-4-2-3-5-13(12)16-21(19,20)10-15/h2-5,11,16H,6-9H2,1H3. The number of nitriles is 1. The predicted octanol–water partition coefficient (Wildman–Crippen LogP) is 1.43. The molecule has 0 bridgehead atoms. The summed E-state index contributed by atoms with van der Waals surface area (Å²) in [7, 11) is -2.06. The zero-order valence-corrected chi connectivity index (χ0v) is 12.6. The van der Waals surface area contributed by atoms with E-state index in [4.69, 9.17) is 5.26 Å². The van der Waals surface area contributed by atoms with E-state index in [1.165, 1.54) is 11.5 Å². The normalized spacial score (nSPS) is 17.1. The molecule has 1 aromatic rings. The van der Waals surface area contributed by atoms with Gasteiger partial charge in [0.25, 0.3) is 0 Å². The van der Waals surface area contributed by atoms with Crippen molar-refractivity contribution in [1.29, 1.82) is 5.26 Å². The molecule has 1 aromatic carbocycles. The van der Waals surface area contributed by atoms with Gasteiger partial charge in [-0.1, -0.05) is 12.1 Å². The molecule has 2 rings (SSSR count). The van der Waals surface area contributed by atoms with Crippen LogP contribution in [0.1, 0.15) is 23.2 Å². The molecule has 0 saturated carbocycles. The second kappa shape index (κ2) is 6.24. The van der Waals surface area contributed by atoms with Crippen LogP contribution in [0, 0.1) is 16.6 Å². The lowest BCUT2D eigenvalue weighted by Crippen LogP contribution is -2.33. The van der Waals surface area contributed by atoms with Crippen LogP contribution in [0.25, 0.3) is 0 Å². The Labute approximate surface area is 124 Å². The van der Waals surface area contributed by atoms with E-state index in [9.17, 15) is 13.2 Å². The Hall–Kier alpha value is -1.91. The van der Waals surface area contributed by atoms with Gasteiger partial charge >= 0.3 is 10.0 Å². The summed E-state index contributed by atoms with van der Waals surface area (Å²) in [4.78, 5) is 14.7. The predicted molar refractivity (Wildman–Crippen MR) is 79.1 cm³/mol. The van der Waals surface area contributed by atoms with Gasteiger partial charge in [-0.2, -0.15) is 13.7 Å². The van der Waals surface area contributed by atoms with Crippen LogP contribution < -0.4 is 4.72 Å². The summed E-state index contributed by atoms with van der Waals surface area (Å²) >= 11 is 0. The van der Waals surface area contributed by atoms with Crippen LogP contribution in [-0.2, 0) is 10.0 Å². The van der Waals surface area contributed by atoms with Crippen molar-refractivity contribution in [2.45, 2.75) is 12.8 Å². The number of piperidine rings is 1. The van der Waals surface area contributed by atoms with Gasteiger partial charge < -0.3 is 4.90 Å². The highest BCUT2D eigenvalue weighted by atomic mass is 32.2. The van der Waals surface area contributed by atoms with Crippen molar-refractivity contribution in [1.82, 2.24) is 4.90 Å². The number of hydrogen-bond donors (Lipinski definition) is 1. The lowest BCUT2D eigenvalue weighted by Gasteiger charge is -2.28. The van der Waals surface area contributed by atoms with Crippen LogP contribution in [0.15, 0.2) is 24.3 Å². The number of thiocyanates is 1. The molecule has 0 aliphatic carbocycles. The minimum atomic E-state index is -4.07. The van der Waals surface area contributed by atoms with Gasteiger partial charge in [-0.25, -0.2) is 0 Å². The molecule has 0 amide bonds. The van der Waals surface area contributed by atoms with Crippen LogP contribution in [0.3, 0.4) is 0 Å². The summed E-state index contributed by atoms with van der Waals surface area (Å²) in [5, 5.41) is 9.76. The van der Waals surface area contributed by atoms with E-state index in [2.05, 4.69) is 9.62 Å². The van der Waals surface area contributed by atoms with Crippen molar-refractivity contribution in [3.63, 3.8) is 0 Å². The molecule has 1 aliphatic heterocycles. The maximum atomic E-state index is 12.6. The Morgan fingerprint density at radius 3 is 2.57 bits per heavy atom. The number of carbonyl (C=O) groups is 1. The molecule has 1 heterocycles. The molecular formula is C14H17N3O3S. The number of sulfonamides is 1. The van der Waals surface area contributed by atoms with E-state index >= 15 is 0 Å². The fourth-order valence-electron chi connectivity index (χ4n) is 2.45. The van der Waals surface area contributed by atoms with Crippen LogP contribution in [0.4, 0.5) is 5.69 Å². The van der Waals surface area contributed by atoms with Gasteiger partial charge in [-0.15, -0.1) is 0 Å². The summed E-state index contributed by atoms with van der Waals surface area (Å²) in [5.41, 5.74) is 0.494. The highest BCUT2D eigenvalue weighted by molar-refractivity contribution is 7.97. The van der Waals surface area contributed by atoms with Crippen molar-refractivity contribution in [3.05, 3.63) is 29.8 Å². The maximum Gasteiger partial charge on any atom is 0.326 e. The average molecular weight is 307 g/mol. The summed E-state index contributed by atoms with van der Waals surface area (Å²) in [6.07, 6.45) is 1.52. The molecule has 0 radical (unpaired) electrons. The molecule has 1 N–H and O–H groups in total. The zero-order valence-electron chi connectivity index (χ0n) is 11.7. The molecule has 0 atom stereocenters. The van der Waals surface area contributed by atoms with E-state index in [-0.39, 0.29) is 17.4 Å². The van der Waals surface area contributed by atoms with Gasteiger partial charge in [0.1, 0.15) is 0 Å². The van der Waals surface area contributed by atoms with E-state index in [1.807, 2.05) is 7.05 Å². The highest BCUT2D eigenvalue weighted by Gasteiger charge is 2.26. The number of Topliss-reactive ketones (excluding diaryl/α,β-unsaturated/α-hetero) is 1. The fourth-order valence-corrected chi connectivity index (χ4v) is 2.96. The van der Waals surface area contributed by atoms with Gasteiger partial charge in [0, 0.05) is 11.5 Å². The second-order valence-electron chi connectivity index (χ2n) is 5.18. The Bertz CT molecular complexity index is 671. The third kappa shape index (κ3) is 3.80. The van der Waals surface area contributed by atoms with E-state index in [0.29, 0.717) is 5.56 Å². The number of nitrogens with zero attached hydrogens (tertiary/aromatic N) is 2. The Balaban J connectivity index is 2.24. The van der Waals surface area contributed by atoms with Gasteiger partial charge in [-0.3, -0.25) is 9.52 Å². The minimum Gasteiger partial charge on any atom is -0.306 e. The minimum absolute atomic E-state index is 0.0701. The number of anilines is 1. The number of para-hydroxylation sites is 1. The van der Waals surface area contributed by atoms with Gasteiger partial charge in [0.05, 0.1) is 5.69 Å². The monoisotopic (exact) mass is 307 g/mol. The molecule has 1 aliphatic rings. The molecule has 6 nitrogen and oxygen atoms in total. The van der Waals surface area contributed by atoms with Gasteiger partial charge in [-0.05, 0) is 45.1 Å². The molecule has 0 spiro atoms. The van der Waals surface area contributed by atoms with Gasteiger partial charge in [0.2, 0.25) is 5.40 Å². The van der Waals surface area contributed by atoms with Gasteiger partial charge in [0.15, 0.2) is 5.78 Å². The first-order valence-corrected chi connectivity index (χ1v) is 8.16. The topological polar surface area (TPSA) is 90.3 Å². The first-order valence-electron chi connectivity index (χ1n) is 6.68. The quantitative estimate of drug-likeness (QED) is 0.516. The Kier molecular flexibility index (Phi) is 4.60. The third-order valence-electron chi connectivity index (χ3n) is 3.65. The van der Waals surface area contributed by atoms with Crippen LogP contribution in [-0.4, -0.2) is 39.2 Å². The summed E-state index contributed by atoms with van der Waals surface area (Å²) in [6, 6.07) is 6.40. The van der Waals surface area contributed by atoms with E-state index in [1.54, 1.807) is 18.2 Å². The Morgan fingerprint density at radius 1 is 1.33 bits per heavy atom. The second-order valence-corrected chi connectivity index (χ2v) is 6.58. The maximum absolute atomic E-state index is 12.6. The number of benzene rings is 1. The largest absolute Gasteiger partial charge is 0.326 e. The van der Waals surface area contributed by atoms with E-state index < -0.39 is 10.0 Å². The molecule has 112 valence electrons. The lowest BCUT2D eigenvalue weighted by atomic mass is 9.88. The highest BCUT2D eigenvalue weighted by Crippen LogP contribution is 2.25. The molecule has 1 fully saturated rings. The van der Waals surface area contributed by atoms with Crippen LogP contribution in [0.5, 0.6) is 0 Å². The van der Waals surface area contributed by atoms with Crippen molar-refractivity contribution >= 4 is 21.5 Å². The van der Waals surface area contributed by atoms with E-state index in [0.717, 1.165) is 25.9 Å². The van der Waals surface area contributed by atoms with Crippen molar-refractivity contribution < 1.29 is 13.2 Å². The van der Waals surface area contributed by atoms with Crippen LogP contribution >= 0.6 is 0 Å². The van der Waals surface area contributed by atoms with Crippen LogP contribution in [0.2, 0.25) is 0 Å². The molecule has 7 heteroatoms. The number of likely N-dealkylation sites (tertiary alicyclic amines) is 1. The number of hydrogen-bond acceptors (Lipinski definition) is 5. The van der Waals surface area contributed by atoms with Crippen molar-refractivity contribution in [2.24, 2.45) is 5.92 Å². The summed E-state index contributed by atoms with van der Waals surface area (Å²) in [5.74, 6) is -0.173. The molecular weight excluding hydrogens is 290 g/mol. The molecule has 0 aromatic heterocycles. The molecule has 0 unspecified atom stereocenters. The first kappa shape index (κ1) is 15.5. The molecule has 1 saturated heterocycles. The summed E-state index contributed by atoms with van der Waals surface area (Å²) in [6.45, 7) is 1.70. The third-order valence-corrected chi connectivity index (χ3v) is 4.38. The smallest absolute Gasteiger partial charge is 0.306 e. The summed E-state index contributed by atoms with van der Waals surface area (Å²) < 4.78 is 24.9. The Morgan fingerprint density at radius 2 is 1.95 bits per heavy atom. The zero-order chi connectivity index (χ0) is 15.5. The van der Waals surface area contributed by atoms with Crippen molar-refractivity contribution in [3.8, 4) is 5.40 Å². The number of ketones is 1. The number of rotatable bonds is 4. The number of carbonyl (C=O) groups excluding carboxylic acids is 1.